The van der Waals surface area contributed by atoms with Crippen molar-refractivity contribution in [1.29, 1.82) is 0 Å². The Balaban J connectivity index is 1.81. The normalized spacial score (nSPS) is 37.3. The number of nitrogens with zero attached hydrogens (tertiary/aromatic N) is 1. The van der Waals surface area contributed by atoms with Gasteiger partial charge in [0.25, 0.3) is 0 Å². The fourth-order valence-electron chi connectivity index (χ4n) is 2.13. The average molecular weight is 212 g/mol. The molecule has 1 heterocycles. The second-order valence-corrected chi connectivity index (χ2v) is 5.63. The molecule has 14 heavy (non-hydrogen) atoms. The average Bonchev–Trinajstić information content (AvgIpc) is 2.16. The van der Waals surface area contributed by atoms with Crippen LogP contribution in [0.15, 0.2) is 4.99 Å². The van der Waals surface area contributed by atoms with Gasteiger partial charge in [0, 0.05) is 11.8 Å². The van der Waals surface area contributed by atoms with Gasteiger partial charge < -0.3 is 5.32 Å². The second kappa shape index (κ2) is 4.56. The van der Waals surface area contributed by atoms with Crippen LogP contribution in [0.4, 0.5) is 0 Å². The van der Waals surface area contributed by atoms with E-state index >= 15 is 0 Å². The molecule has 0 amide bonds. The van der Waals surface area contributed by atoms with Crippen molar-refractivity contribution in [3.63, 3.8) is 0 Å². The molecular weight excluding hydrogens is 192 g/mol. The Kier molecular flexibility index (Phi) is 3.37. The Bertz CT molecular complexity index is 221. The van der Waals surface area contributed by atoms with Crippen LogP contribution in [0.5, 0.6) is 0 Å². The van der Waals surface area contributed by atoms with Crippen molar-refractivity contribution in [3.05, 3.63) is 0 Å². The predicted molar refractivity (Wildman–Crippen MR) is 63.9 cm³/mol. The molecule has 80 valence electrons. The molecule has 0 aromatic heterocycles. The molecule has 1 unspecified atom stereocenters. The highest BCUT2D eigenvalue weighted by Gasteiger charge is 2.26. The SMILES string of the molecule is CCC1CCSC(NC2CC(C)C2)=N1. The number of hydrogen-bond donors (Lipinski definition) is 1. The third kappa shape index (κ3) is 2.44. The van der Waals surface area contributed by atoms with Gasteiger partial charge in [0.1, 0.15) is 0 Å². The zero-order valence-corrected chi connectivity index (χ0v) is 9.94. The smallest absolute Gasteiger partial charge is 0.157 e. The number of hydrogen-bond acceptors (Lipinski definition) is 3. The van der Waals surface area contributed by atoms with Gasteiger partial charge in [-0.3, -0.25) is 4.99 Å². The molecule has 0 radical (unpaired) electrons. The van der Waals surface area contributed by atoms with Gasteiger partial charge in [-0.2, -0.15) is 0 Å². The number of nitrogens with one attached hydrogen (secondary N) is 1. The summed E-state index contributed by atoms with van der Waals surface area (Å²) in [7, 11) is 0. The van der Waals surface area contributed by atoms with Crippen molar-refractivity contribution >= 4 is 16.9 Å². The van der Waals surface area contributed by atoms with Crippen molar-refractivity contribution in [2.75, 3.05) is 5.75 Å². The fourth-order valence-corrected chi connectivity index (χ4v) is 3.19. The first-order valence-corrected chi connectivity index (χ1v) is 6.73. The summed E-state index contributed by atoms with van der Waals surface area (Å²) in [5.74, 6) is 2.16. The summed E-state index contributed by atoms with van der Waals surface area (Å²) in [5.41, 5.74) is 0. The largest absolute Gasteiger partial charge is 0.362 e. The molecule has 0 aromatic carbocycles. The first-order valence-electron chi connectivity index (χ1n) is 5.75. The van der Waals surface area contributed by atoms with Crippen LogP contribution in [0.3, 0.4) is 0 Å². The highest BCUT2D eigenvalue weighted by Crippen LogP contribution is 2.28. The molecule has 2 aliphatic rings. The summed E-state index contributed by atoms with van der Waals surface area (Å²) >= 11 is 1.90. The van der Waals surface area contributed by atoms with E-state index in [-0.39, 0.29) is 0 Å². The fraction of sp³-hybridized carbons (Fsp3) is 0.909. The molecule has 0 saturated heterocycles. The lowest BCUT2D eigenvalue weighted by Crippen LogP contribution is -2.43. The van der Waals surface area contributed by atoms with Crippen LogP contribution in [-0.4, -0.2) is 23.0 Å². The highest BCUT2D eigenvalue weighted by atomic mass is 32.2. The van der Waals surface area contributed by atoms with E-state index < -0.39 is 0 Å². The Morgan fingerprint density at radius 1 is 1.50 bits per heavy atom. The Labute approximate surface area is 90.9 Å². The molecular formula is C11H20N2S. The van der Waals surface area contributed by atoms with Crippen LogP contribution < -0.4 is 5.32 Å². The molecule has 0 bridgehead atoms. The molecule has 1 aliphatic carbocycles. The molecule has 2 nitrogen and oxygen atoms in total. The summed E-state index contributed by atoms with van der Waals surface area (Å²) in [5, 5.41) is 4.77. The lowest BCUT2D eigenvalue weighted by molar-refractivity contribution is 0.268. The maximum atomic E-state index is 4.72. The summed E-state index contributed by atoms with van der Waals surface area (Å²) in [6.07, 6.45) is 5.10. The van der Waals surface area contributed by atoms with Crippen molar-refractivity contribution < 1.29 is 0 Å². The van der Waals surface area contributed by atoms with Gasteiger partial charge in [0.15, 0.2) is 5.17 Å². The van der Waals surface area contributed by atoms with Gasteiger partial charge in [-0.05, 0) is 31.6 Å². The van der Waals surface area contributed by atoms with Crippen molar-refractivity contribution in [2.24, 2.45) is 10.9 Å². The molecule has 0 spiro atoms. The summed E-state index contributed by atoms with van der Waals surface area (Å²) in [6.45, 7) is 4.55. The number of rotatable bonds is 2. The third-order valence-electron chi connectivity index (χ3n) is 3.16. The zero-order valence-electron chi connectivity index (χ0n) is 9.12. The molecule has 1 atom stereocenters. The van der Waals surface area contributed by atoms with E-state index in [2.05, 4.69) is 19.2 Å². The standard InChI is InChI=1S/C11H20N2S/c1-3-9-4-5-14-11(12-9)13-10-6-8(2)7-10/h8-10H,3-7H2,1-2H3,(H,12,13). The van der Waals surface area contributed by atoms with E-state index in [4.69, 9.17) is 4.99 Å². The summed E-state index contributed by atoms with van der Waals surface area (Å²) in [4.78, 5) is 4.72. The van der Waals surface area contributed by atoms with Crippen LogP contribution >= 0.6 is 11.8 Å². The van der Waals surface area contributed by atoms with E-state index in [1.165, 1.54) is 36.6 Å². The quantitative estimate of drug-likeness (QED) is 0.761. The van der Waals surface area contributed by atoms with Crippen LogP contribution in [0.25, 0.3) is 0 Å². The summed E-state index contributed by atoms with van der Waals surface area (Å²) < 4.78 is 0. The van der Waals surface area contributed by atoms with Gasteiger partial charge in [0.05, 0.1) is 6.04 Å². The Hall–Kier alpha value is -0.180. The Morgan fingerprint density at radius 3 is 2.93 bits per heavy atom. The van der Waals surface area contributed by atoms with Crippen molar-refractivity contribution in [3.8, 4) is 0 Å². The minimum atomic E-state index is 0.580. The molecule has 1 aliphatic heterocycles. The van der Waals surface area contributed by atoms with Gasteiger partial charge in [-0.15, -0.1) is 0 Å². The van der Waals surface area contributed by atoms with Gasteiger partial charge >= 0.3 is 0 Å². The van der Waals surface area contributed by atoms with E-state index in [1.807, 2.05) is 11.8 Å². The maximum absolute atomic E-state index is 4.72. The predicted octanol–water partition coefficient (Wildman–Crippen LogP) is 2.65. The van der Waals surface area contributed by atoms with Gasteiger partial charge in [-0.1, -0.05) is 25.6 Å². The molecule has 2 rings (SSSR count). The first-order chi connectivity index (χ1) is 6.78. The van der Waals surface area contributed by atoms with Crippen LogP contribution in [0.1, 0.15) is 39.5 Å². The van der Waals surface area contributed by atoms with E-state index in [1.54, 1.807) is 0 Å². The molecule has 1 fully saturated rings. The maximum Gasteiger partial charge on any atom is 0.157 e. The number of amidine groups is 1. The lowest BCUT2D eigenvalue weighted by Gasteiger charge is -2.35. The minimum Gasteiger partial charge on any atom is -0.362 e. The zero-order chi connectivity index (χ0) is 9.97. The van der Waals surface area contributed by atoms with E-state index in [9.17, 15) is 0 Å². The van der Waals surface area contributed by atoms with Crippen molar-refractivity contribution in [2.45, 2.75) is 51.6 Å². The van der Waals surface area contributed by atoms with Crippen LogP contribution in [0.2, 0.25) is 0 Å². The molecule has 0 aromatic rings. The number of aliphatic imine (C=N–C) groups is 1. The highest BCUT2D eigenvalue weighted by molar-refractivity contribution is 8.13. The van der Waals surface area contributed by atoms with E-state index in [0.29, 0.717) is 12.1 Å². The summed E-state index contributed by atoms with van der Waals surface area (Å²) in [6, 6.07) is 1.29. The number of thioether (sulfide) groups is 1. The van der Waals surface area contributed by atoms with E-state index in [0.717, 1.165) is 5.92 Å². The molecule has 1 saturated carbocycles. The molecule has 3 heteroatoms. The first kappa shape index (κ1) is 10.3. The van der Waals surface area contributed by atoms with Gasteiger partial charge in [-0.25, -0.2) is 0 Å². The molecule has 1 N–H and O–H groups in total. The minimum absolute atomic E-state index is 0.580. The van der Waals surface area contributed by atoms with Crippen molar-refractivity contribution in [1.82, 2.24) is 5.32 Å². The van der Waals surface area contributed by atoms with Crippen LogP contribution in [0, 0.1) is 5.92 Å². The van der Waals surface area contributed by atoms with Gasteiger partial charge in [0.2, 0.25) is 0 Å². The topological polar surface area (TPSA) is 24.4 Å². The monoisotopic (exact) mass is 212 g/mol. The third-order valence-corrected chi connectivity index (χ3v) is 4.10. The Morgan fingerprint density at radius 2 is 2.29 bits per heavy atom. The van der Waals surface area contributed by atoms with Crippen LogP contribution in [-0.2, 0) is 0 Å². The second-order valence-electron chi connectivity index (χ2n) is 4.55. The lowest BCUT2D eigenvalue weighted by atomic mass is 9.82.